The molecule has 0 atom stereocenters. The summed E-state index contributed by atoms with van der Waals surface area (Å²) in [6.07, 6.45) is 11.4. The lowest BCUT2D eigenvalue weighted by atomic mass is 10.0. The molecule has 5 heterocycles. The molecule has 162 valence electrons. The van der Waals surface area contributed by atoms with Gasteiger partial charge in [-0.2, -0.15) is 5.10 Å². The first-order valence-corrected chi connectivity index (χ1v) is 11.4. The van der Waals surface area contributed by atoms with Crippen molar-refractivity contribution < 1.29 is 4.39 Å². The summed E-state index contributed by atoms with van der Waals surface area (Å²) >= 11 is 6.15. The Hall–Kier alpha value is -3.06. The SMILES string of the molecule is Fc1cnc(Cl)c(-c2cc3cnn(C4CCN(c5ccc(C6CC6)cn5)CC4)c3cn2)c1. The van der Waals surface area contributed by atoms with Gasteiger partial charge in [0.2, 0.25) is 0 Å². The van der Waals surface area contributed by atoms with E-state index < -0.39 is 5.82 Å². The highest BCUT2D eigenvalue weighted by molar-refractivity contribution is 6.32. The van der Waals surface area contributed by atoms with Gasteiger partial charge in [0.15, 0.2) is 0 Å². The molecule has 1 saturated carbocycles. The van der Waals surface area contributed by atoms with Crippen LogP contribution < -0.4 is 4.90 Å². The Bertz CT molecular complexity index is 1280. The van der Waals surface area contributed by atoms with Crippen LogP contribution in [0.3, 0.4) is 0 Å². The second kappa shape index (κ2) is 7.81. The van der Waals surface area contributed by atoms with Crippen LogP contribution in [-0.4, -0.2) is 37.8 Å². The minimum Gasteiger partial charge on any atom is -0.356 e. The Morgan fingerprint density at radius 2 is 1.75 bits per heavy atom. The molecule has 0 amide bonds. The van der Waals surface area contributed by atoms with Crippen molar-refractivity contribution in [2.75, 3.05) is 18.0 Å². The van der Waals surface area contributed by atoms with Crippen molar-refractivity contribution in [2.24, 2.45) is 0 Å². The molecule has 2 fully saturated rings. The average Bonchev–Trinajstić information content (AvgIpc) is 3.60. The maximum Gasteiger partial charge on any atom is 0.142 e. The second-order valence-corrected chi connectivity index (χ2v) is 9.01. The predicted octanol–water partition coefficient (Wildman–Crippen LogP) is 5.40. The van der Waals surface area contributed by atoms with Gasteiger partial charge in [0.05, 0.1) is 35.8 Å². The minimum atomic E-state index is -0.439. The fourth-order valence-corrected chi connectivity index (χ4v) is 4.77. The van der Waals surface area contributed by atoms with Gasteiger partial charge >= 0.3 is 0 Å². The highest BCUT2D eigenvalue weighted by Crippen LogP contribution is 2.40. The Morgan fingerprint density at radius 1 is 0.906 bits per heavy atom. The highest BCUT2D eigenvalue weighted by atomic mass is 35.5. The minimum absolute atomic E-state index is 0.233. The molecule has 0 N–H and O–H groups in total. The van der Waals surface area contributed by atoms with Gasteiger partial charge in [0.25, 0.3) is 0 Å². The molecule has 0 spiro atoms. The van der Waals surface area contributed by atoms with E-state index in [0.717, 1.165) is 54.8 Å². The smallest absolute Gasteiger partial charge is 0.142 e. The third-order valence-corrected chi connectivity index (χ3v) is 6.82. The zero-order valence-corrected chi connectivity index (χ0v) is 18.2. The van der Waals surface area contributed by atoms with E-state index in [0.29, 0.717) is 17.3 Å². The van der Waals surface area contributed by atoms with E-state index in [1.54, 1.807) is 6.20 Å². The number of aromatic nitrogens is 5. The van der Waals surface area contributed by atoms with Crippen LogP contribution in [0.1, 0.15) is 43.2 Å². The number of hydrogen-bond donors (Lipinski definition) is 0. The number of fused-ring (bicyclic) bond motifs is 1. The highest BCUT2D eigenvalue weighted by Gasteiger charge is 2.26. The van der Waals surface area contributed by atoms with E-state index in [2.05, 4.69) is 36.8 Å². The number of rotatable bonds is 4. The van der Waals surface area contributed by atoms with E-state index in [1.165, 1.54) is 24.5 Å². The molecule has 1 aliphatic carbocycles. The van der Waals surface area contributed by atoms with E-state index >= 15 is 0 Å². The number of nitrogens with zero attached hydrogens (tertiary/aromatic N) is 6. The summed E-state index contributed by atoms with van der Waals surface area (Å²) < 4.78 is 15.7. The van der Waals surface area contributed by atoms with Crippen molar-refractivity contribution in [3.05, 3.63) is 65.6 Å². The van der Waals surface area contributed by atoms with Crippen LogP contribution in [0.5, 0.6) is 0 Å². The van der Waals surface area contributed by atoms with Crippen LogP contribution in [-0.2, 0) is 0 Å². The predicted molar refractivity (Wildman–Crippen MR) is 122 cm³/mol. The van der Waals surface area contributed by atoms with Crippen LogP contribution in [0.25, 0.3) is 22.2 Å². The maximum absolute atomic E-state index is 13.6. The first-order valence-electron chi connectivity index (χ1n) is 11.0. The Morgan fingerprint density at radius 3 is 2.50 bits per heavy atom. The lowest BCUT2D eigenvalue weighted by Crippen LogP contribution is -2.35. The average molecular weight is 449 g/mol. The fourth-order valence-electron chi connectivity index (χ4n) is 4.57. The summed E-state index contributed by atoms with van der Waals surface area (Å²) in [6, 6.07) is 7.95. The molecular formula is C24H22ClFN6. The third kappa shape index (κ3) is 3.60. The molecule has 1 saturated heterocycles. The van der Waals surface area contributed by atoms with Crippen molar-refractivity contribution >= 4 is 28.3 Å². The van der Waals surface area contributed by atoms with Gasteiger partial charge in [-0.1, -0.05) is 17.7 Å². The normalized spacial score (nSPS) is 17.2. The first kappa shape index (κ1) is 19.6. The molecule has 6 nitrogen and oxygen atoms in total. The van der Waals surface area contributed by atoms with Crippen LogP contribution >= 0.6 is 11.6 Å². The Balaban J connectivity index is 1.19. The van der Waals surface area contributed by atoms with Gasteiger partial charge in [-0.25, -0.2) is 14.4 Å². The largest absolute Gasteiger partial charge is 0.356 e. The van der Waals surface area contributed by atoms with E-state index in [9.17, 15) is 4.39 Å². The molecular weight excluding hydrogens is 427 g/mol. The molecule has 1 aliphatic heterocycles. The van der Waals surface area contributed by atoms with Crippen LogP contribution in [0.2, 0.25) is 5.15 Å². The summed E-state index contributed by atoms with van der Waals surface area (Å²) in [4.78, 5) is 15.5. The molecule has 4 aromatic heterocycles. The van der Waals surface area contributed by atoms with Crippen molar-refractivity contribution in [2.45, 2.75) is 37.6 Å². The lowest BCUT2D eigenvalue weighted by Gasteiger charge is -2.33. The van der Waals surface area contributed by atoms with Crippen LogP contribution in [0, 0.1) is 5.82 Å². The van der Waals surface area contributed by atoms with Crippen molar-refractivity contribution in [3.8, 4) is 11.3 Å². The lowest BCUT2D eigenvalue weighted by molar-refractivity contribution is 0.375. The molecule has 6 rings (SSSR count). The van der Waals surface area contributed by atoms with E-state index in [-0.39, 0.29) is 5.15 Å². The summed E-state index contributed by atoms with van der Waals surface area (Å²) in [5.41, 5.74) is 3.41. The second-order valence-electron chi connectivity index (χ2n) is 8.65. The number of halogens is 2. The van der Waals surface area contributed by atoms with Gasteiger partial charge in [0.1, 0.15) is 16.8 Å². The van der Waals surface area contributed by atoms with Crippen molar-refractivity contribution in [1.29, 1.82) is 0 Å². The quantitative estimate of drug-likeness (QED) is 0.391. The number of pyridine rings is 3. The molecule has 0 bridgehead atoms. The third-order valence-electron chi connectivity index (χ3n) is 6.52. The zero-order valence-electron chi connectivity index (χ0n) is 17.5. The molecule has 32 heavy (non-hydrogen) atoms. The van der Waals surface area contributed by atoms with Gasteiger partial charge < -0.3 is 4.90 Å². The number of anilines is 1. The summed E-state index contributed by atoms with van der Waals surface area (Å²) in [6.45, 7) is 1.88. The topological polar surface area (TPSA) is 59.7 Å². The van der Waals surface area contributed by atoms with Gasteiger partial charge in [-0.3, -0.25) is 9.67 Å². The molecule has 4 aromatic rings. The summed E-state index contributed by atoms with van der Waals surface area (Å²) in [5.74, 6) is 1.35. The van der Waals surface area contributed by atoms with E-state index in [4.69, 9.17) is 16.6 Å². The molecule has 0 aromatic carbocycles. The van der Waals surface area contributed by atoms with E-state index in [1.807, 2.05) is 18.5 Å². The Kier molecular flexibility index (Phi) is 4.79. The summed E-state index contributed by atoms with van der Waals surface area (Å²) in [7, 11) is 0. The molecule has 8 heteroatoms. The first-order chi connectivity index (χ1) is 15.7. The van der Waals surface area contributed by atoms with Gasteiger partial charge in [-0.05, 0) is 55.4 Å². The fraction of sp³-hybridized carbons (Fsp3) is 0.333. The zero-order chi connectivity index (χ0) is 21.7. The monoisotopic (exact) mass is 448 g/mol. The van der Waals surface area contributed by atoms with Gasteiger partial charge in [0, 0.05) is 30.2 Å². The van der Waals surface area contributed by atoms with Crippen LogP contribution in [0.4, 0.5) is 10.2 Å². The van der Waals surface area contributed by atoms with Crippen LogP contribution in [0.15, 0.2) is 49.1 Å². The van der Waals surface area contributed by atoms with Crippen molar-refractivity contribution in [3.63, 3.8) is 0 Å². The van der Waals surface area contributed by atoms with Gasteiger partial charge in [-0.15, -0.1) is 0 Å². The molecule has 0 radical (unpaired) electrons. The maximum atomic E-state index is 13.6. The molecule has 2 aliphatic rings. The number of hydrogen-bond acceptors (Lipinski definition) is 5. The van der Waals surface area contributed by atoms with Crippen molar-refractivity contribution in [1.82, 2.24) is 24.7 Å². The standard InChI is InChI=1S/C24H22ClFN6/c25-24-20(10-18(26)13-29-24)21-9-17-12-30-32(22(17)14-27-21)19-5-7-31(8-6-19)23-4-3-16(11-28-23)15-1-2-15/h3-4,9-15,19H,1-2,5-8H2. The summed E-state index contributed by atoms with van der Waals surface area (Å²) in [5, 5.41) is 5.84. The Labute approximate surface area is 190 Å². The number of piperidine rings is 1. The molecule has 0 unspecified atom stereocenters.